The molecule has 1 N–H and O–H groups in total. The predicted octanol–water partition coefficient (Wildman–Crippen LogP) is 4.08. The van der Waals surface area contributed by atoms with E-state index in [1.807, 2.05) is 30.3 Å². The molecule has 0 aromatic heterocycles. The molecule has 0 aliphatic rings. The molecule has 5 heteroatoms. The molecule has 2 aromatic rings. The molecular formula is C17H16ClNO3. The van der Waals surface area contributed by atoms with Crippen LogP contribution in [-0.2, 0) is 11.4 Å². The number of benzene rings is 2. The topological polar surface area (TPSA) is 55.4 Å². The van der Waals surface area contributed by atoms with Crippen LogP contribution >= 0.6 is 11.6 Å². The Morgan fingerprint density at radius 1 is 1.27 bits per heavy atom. The smallest absolute Gasteiger partial charge is 0.224 e. The van der Waals surface area contributed by atoms with E-state index in [4.69, 9.17) is 16.3 Å². The van der Waals surface area contributed by atoms with Crippen molar-refractivity contribution in [3.63, 3.8) is 0 Å². The Bertz CT molecular complexity index is 671. The van der Waals surface area contributed by atoms with Gasteiger partial charge in [-0.3, -0.25) is 9.59 Å². The van der Waals surface area contributed by atoms with Gasteiger partial charge in [-0.15, -0.1) is 0 Å². The first-order valence-electron chi connectivity index (χ1n) is 6.89. The minimum absolute atomic E-state index is 0.177. The van der Waals surface area contributed by atoms with Gasteiger partial charge < -0.3 is 10.1 Å². The third-order valence-corrected chi connectivity index (χ3v) is 3.30. The van der Waals surface area contributed by atoms with Gasteiger partial charge in [0.25, 0.3) is 0 Å². The number of rotatable bonds is 6. The van der Waals surface area contributed by atoms with Gasteiger partial charge in [0, 0.05) is 12.0 Å². The van der Waals surface area contributed by atoms with Crippen molar-refractivity contribution in [1.82, 2.24) is 0 Å². The Kier molecular flexibility index (Phi) is 5.55. The molecule has 0 atom stereocenters. The Balaban J connectivity index is 2.27. The van der Waals surface area contributed by atoms with Gasteiger partial charge >= 0.3 is 0 Å². The summed E-state index contributed by atoms with van der Waals surface area (Å²) in [6, 6.07) is 12.7. The molecule has 0 spiro atoms. The second-order valence-corrected chi connectivity index (χ2v) is 5.08. The molecule has 0 saturated carbocycles. The van der Waals surface area contributed by atoms with Crippen molar-refractivity contribution in [3.8, 4) is 5.75 Å². The summed E-state index contributed by atoms with van der Waals surface area (Å²) in [5, 5.41) is 2.99. The number of hydrogen-bond acceptors (Lipinski definition) is 3. The van der Waals surface area contributed by atoms with E-state index in [9.17, 15) is 9.59 Å². The van der Waals surface area contributed by atoms with Gasteiger partial charge in [-0.05, 0) is 17.7 Å². The van der Waals surface area contributed by atoms with E-state index in [1.165, 1.54) is 6.07 Å². The first kappa shape index (κ1) is 16.0. The number of anilines is 1. The van der Waals surface area contributed by atoms with Crippen LogP contribution in [0.1, 0.15) is 29.3 Å². The van der Waals surface area contributed by atoms with E-state index in [0.717, 1.165) is 5.56 Å². The van der Waals surface area contributed by atoms with Crippen molar-refractivity contribution < 1.29 is 14.3 Å². The van der Waals surface area contributed by atoms with Crippen LogP contribution in [0.3, 0.4) is 0 Å². The molecule has 0 saturated heterocycles. The second-order valence-electron chi connectivity index (χ2n) is 4.67. The summed E-state index contributed by atoms with van der Waals surface area (Å²) < 4.78 is 5.74. The minimum atomic E-state index is -0.177. The monoisotopic (exact) mass is 317 g/mol. The van der Waals surface area contributed by atoms with Crippen LogP contribution in [0.15, 0.2) is 42.5 Å². The third kappa shape index (κ3) is 4.09. The summed E-state index contributed by atoms with van der Waals surface area (Å²) in [5.41, 5.74) is 1.76. The van der Waals surface area contributed by atoms with E-state index in [1.54, 1.807) is 13.0 Å². The summed E-state index contributed by atoms with van der Waals surface area (Å²) in [6.07, 6.45) is 0.996. The Morgan fingerprint density at radius 2 is 2.00 bits per heavy atom. The Morgan fingerprint density at radius 3 is 2.64 bits per heavy atom. The lowest BCUT2D eigenvalue weighted by atomic mass is 10.2. The number of carbonyl (C=O) groups is 2. The molecule has 0 fully saturated rings. The third-order valence-electron chi connectivity index (χ3n) is 3.02. The number of aldehydes is 1. The maximum atomic E-state index is 11.6. The van der Waals surface area contributed by atoms with Gasteiger partial charge in [0.2, 0.25) is 5.91 Å². The highest BCUT2D eigenvalue weighted by molar-refractivity contribution is 6.33. The molecule has 114 valence electrons. The molecule has 2 rings (SSSR count). The van der Waals surface area contributed by atoms with Gasteiger partial charge in [0.15, 0.2) is 5.75 Å². The van der Waals surface area contributed by atoms with Gasteiger partial charge in [-0.1, -0.05) is 48.9 Å². The Hall–Kier alpha value is -2.33. The zero-order valence-corrected chi connectivity index (χ0v) is 12.9. The predicted molar refractivity (Wildman–Crippen MR) is 86.5 cm³/mol. The molecule has 2 aromatic carbocycles. The molecule has 0 heterocycles. The first-order valence-corrected chi connectivity index (χ1v) is 7.27. The second kappa shape index (κ2) is 7.61. The quantitative estimate of drug-likeness (QED) is 0.817. The Labute approximate surface area is 134 Å². The number of carbonyl (C=O) groups excluding carboxylic acids is 2. The summed E-state index contributed by atoms with van der Waals surface area (Å²) in [6.45, 7) is 2.06. The zero-order chi connectivity index (χ0) is 15.9. The number of nitrogens with one attached hydrogen (secondary N) is 1. The van der Waals surface area contributed by atoms with Crippen LogP contribution in [0, 0.1) is 0 Å². The van der Waals surface area contributed by atoms with E-state index < -0.39 is 0 Å². The maximum absolute atomic E-state index is 11.6. The van der Waals surface area contributed by atoms with Crippen LogP contribution in [0.2, 0.25) is 5.02 Å². The lowest BCUT2D eigenvalue weighted by Crippen LogP contribution is -2.11. The van der Waals surface area contributed by atoms with Crippen LogP contribution in [-0.4, -0.2) is 12.2 Å². The SMILES string of the molecule is CCC(=O)Nc1cc(C=O)cc(Cl)c1OCc1ccccc1. The van der Waals surface area contributed by atoms with Crippen LogP contribution in [0.5, 0.6) is 5.75 Å². The number of amides is 1. The van der Waals surface area contributed by atoms with Crippen molar-refractivity contribution in [2.24, 2.45) is 0 Å². The highest BCUT2D eigenvalue weighted by Gasteiger charge is 2.13. The van der Waals surface area contributed by atoms with E-state index in [0.29, 0.717) is 36.3 Å². The van der Waals surface area contributed by atoms with Gasteiger partial charge in [-0.25, -0.2) is 0 Å². The molecule has 4 nitrogen and oxygen atoms in total. The van der Waals surface area contributed by atoms with E-state index in [-0.39, 0.29) is 10.9 Å². The lowest BCUT2D eigenvalue weighted by Gasteiger charge is -2.14. The van der Waals surface area contributed by atoms with Gasteiger partial charge in [-0.2, -0.15) is 0 Å². The number of hydrogen-bond donors (Lipinski definition) is 1. The van der Waals surface area contributed by atoms with Crippen molar-refractivity contribution >= 4 is 29.5 Å². The van der Waals surface area contributed by atoms with Gasteiger partial charge in [0.1, 0.15) is 12.9 Å². The zero-order valence-electron chi connectivity index (χ0n) is 12.1. The summed E-state index contributed by atoms with van der Waals surface area (Å²) in [7, 11) is 0. The largest absolute Gasteiger partial charge is 0.485 e. The highest BCUT2D eigenvalue weighted by atomic mass is 35.5. The molecule has 0 aliphatic carbocycles. The van der Waals surface area contributed by atoms with Gasteiger partial charge in [0.05, 0.1) is 10.7 Å². The van der Waals surface area contributed by atoms with Crippen molar-refractivity contribution in [3.05, 3.63) is 58.6 Å². The number of halogens is 1. The normalized spacial score (nSPS) is 10.1. The molecular weight excluding hydrogens is 302 g/mol. The molecule has 0 radical (unpaired) electrons. The van der Waals surface area contributed by atoms with Crippen molar-refractivity contribution in [2.45, 2.75) is 20.0 Å². The van der Waals surface area contributed by atoms with Crippen LogP contribution in [0.25, 0.3) is 0 Å². The highest BCUT2D eigenvalue weighted by Crippen LogP contribution is 2.35. The fourth-order valence-corrected chi connectivity index (χ4v) is 2.17. The standard InChI is InChI=1S/C17H16ClNO3/c1-2-16(21)19-15-9-13(10-20)8-14(18)17(15)22-11-12-6-4-3-5-7-12/h3-10H,2,11H2,1H3,(H,19,21). The van der Waals surface area contributed by atoms with Crippen molar-refractivity contribution in [2.75, 3.05) is 5.32 Å². The molecule has 0 unspecified atom stereocenters. The average molecular weight is 318 g/mol. The summed E-state index contributed by atoms with van der Waals surface area (Å²) in [4.78, 5) is 22.6. The minimum Gasteiger partial charge on any atom is -0.485 e. The van der Waals surface area contributed by atoms with Crippen LogP contribution < -0.4 is 10.1 Å². The summed E-state index contributed by atoms with van der Waals surface area (Å²) >= 11 is 6.17. The average Bonchev–Trinajstić information content (AvgIpc) is 2.54. The first-order chi connectivity index (χ1) is 10.6. The molecule has 1 amide bonds. The van der Waals surface area contributed by atoms with Crippen LogP contribution in [0.4, 0.5) is 5.69 Å². The molecule has 0 bridgehead atoms. The van der Waals surface area contributed by atoms with Crippen molar-refractivity contribution in [1.29, 1.82) is 0 Å². The van der Waals surface area contributed by atoms with E-state index >= 15 is 0 Å². The summed E-state index contributed by atoms with van der Waals surface area (Å²) in [5.74, 6) is 0.182. The number of ether oxygens (including phenoxy) is 1. The lowest BCUT2D eigenvalue weighted by molar-refractivity contribution is -0.115. The fourth-order valence-electron chi connectivity index (χ4n) is 1.89. The van der Waals surface area contributed by atoms with E-state index in [2.05, 4.69) is 5.32 Å². The maximum Gasteiger partial charge on any atom is 0.224 e. The molecule has 22 heavy (non-hydrogen) atoms. The molecule has 0 aliphatic heterocycles. The fraction of sp³-hybridized carbons (Fsp3) is 0.176.